The summed E-state index contributed by atoms with van der Waals surface area (Å²) in [7, 11) is -3.45. The van der Waals surface area contributed by atoms with E-state index >= 15 is 0 Å². The van der Waals surface area contributed by atoms with Crippen LogP contribution in [0.2, 0.25) is 5.02 Å². The minimum atomic E-state index is -3.45. The average Bonchev–Trinajstić information content (AvgIpc) is 3.09. The van der Waals surface area contributed by atoms with Crippen LogP contribution in [0.1, 0.15) is 21.6 Å². The number of hydrogen-bond donors (Lipinski definition) is 1. The topological polar surface area (TPSA) is 104 Å². The molecule has 0 amide bonds. The van der Waals surface area contributed by atoms with Crippen molar-refractivity contribution in [1.82, 2.24) is 14.4 Å². The van der Waals surface area contributed by atoms with Gasteiger partial charge in [-0.2, -0.15) is 4.31 Å². The molecular formula is C16H18ClN3O5S. The molecule has 10 heteroatoms. The van der Waals surface area contributed by atoms with Crippen LogP contribution in [0.25, 0.3) is 0 Å². The van der Waals surface area contributed by atoms with Gasteiger partial charge in [-0.25, -0.2) is 13.2 Å². The summed E-state index contributed by atoms with van der Waals surface area (Å²) in [5.74, 6) is -1.19. The lowest BCUT2D eigenvalue weighted by Crippen LogP contribution is -2.48. The van der Waals surface area contributed by atoms with Gasteiger partial charge in [-0.15, -0.1) is 0 Å². The standard InChI is InChI=1S/C16H18ClN3O5S/c17-15-2-1-12(16(21)22)9-13(15)10-19-4-6-20(7-5-19)26(23,24)11-14-3-8-25-18-14/h1-3,8-9H,4-7,10-11H2,(H,21,22). The van der Waals surface area contributed by atoms with Gasteiger partial charge in [0.25, 0.3) is 0 Å². The fraction of sp³-hybridized carbons (Fsp3) is 0.375. The first-order chi connectivity index (χ1) is 12.3. The molecule has 1 aliphatic heterocycles. The van der Waals surface area contributed by atoms with Crippen molar-refractivity contribution in [2.75, 3.05) is 26.2 Å². The Bertz CT molecular complexity index is 877. The van der Waals surface area contributed by atoms with Crippen LogP contribution in [0.5, 0.6) is 0 Å². The Kier molecular flexibility index (Phi) is 5.61. The molecule has 1 saturated heterocycles. The van der Waals surface area contributed by atoms with Gasteiger partial charge in [0.05, 0.1) is 11.3 Å². The predicted molar refractivity (Wildman–Crippen MR) is 94.4 cm³/mol. The van der Waals surface area contributed by atoms with Crippen molar-refractivity contribution in [2.45, 2.75) is 12.3 Å². The minimum Gasteiger partial charge on any atom is -0.478 e. The van der Waals surface area contributed by atoms with Crippen LogP contribution in [0.4, 0.5) is 0 Å². The van der Waals surface area contributed by atoms with Gasteiger partial charge in [0.15, 0.2) is 0 Å². The lowest BCUT2D eigenvalue weighted by molar-refractivity contribution is 0.0696. The van der Waals surface area contributed by atoms with E-state index in [9.17, 15) is 13.2 Å². The molecule has 0 unspecified atom stereocenters. The third-order valence-corrected chi connectivity index (χ3v) is 6.41. The molecule has 1 aromatic heterocycles. The number of aromatic carboxylic acids is 1. The summed E-state index contributed by atoms with van der Waals surface area (Å²) < 4.78 is 31.0. The monoisotopic (exact) mass is 399 g/mol. The highest BCUT2D eigenvalue weighted by atomic mass is 35.5. The molecule has 140 valence electrons. The molecule has 0 saturated carbocycles. The molecule has 0 bridgehead atoms. The number of rotatable bonds is 6. The maximum absolute atomic E-state index is 12.4. The SMILES string of the molecule is O=C(O)c1ccc(Cl)c(CN2CCN(S(=O)(=O)Cc3ccon3)CC2)c1. The smallest absolute Gasteiger partial charge is 0.335 e. The summed E-state index contributed by atoms with van der Waals surface area (Å²) >= 11 is 6.16. The van der Waals surface area contributed by atoms with Crippen molar-refractivity contribution in [3.63, 3.8) is 0 Å². The molecule has 1 fully saturated rings. The van der Waals surface area contributed by atoms with Crippen LogP contribution in [-0.2, 0) is 22.3 Å². The zero-order chi connectivity index (χ0) is 18.7. The largest absolute Gasteiger partial charge is 0.478 e. The number of carbonyl (C=O) groups is 1. The predicted octanol–water partition coefficient (Wildman–Crippen LogP) is 1.67. The van der Waals surface area contributed by atoms with Gasteiger partial charge in [-0.05, 0) is 23.8 Å². The van der Waals surface area contributed by atoms with Crippen LogP contribution >= 0.6 is 11.6 Å². The molecule has 2 aromatic rings. The highest BCUT2D eigenvalue weighted by Gasteiger charge is 2.28. The molecule has 8 nitrogen and oxygen atoms in total. The van der Waals surface area contributed by atoms with E-state index in [0.717, 1.165) is 0 Å². The number of carboxylic acid groups (broad SMARTS) is 1. The quantitative estimate of drug-likeness (QED) is 0.787. The van der Waals surface area contributed by atoms with Gasteiger partial charge < -0.3 is 9.63 Å². The van der Waals surface area contributed by atoms with Gasteiger partial charge in [0.2, 0.25) is 10.0 Å². The summed E-state index contributed by atoms with van der Waals surface area (Å²) in [6.45, 7) is 2.25. The van der Waals surface area contributed by atoms with Crippen molar-refractivity contribution < 1.29 is 22.8 Å². The van der Waals surface area contributed by atoms with Crippen LogP contribution in [0.3, 0.4) is 0 Å². The number of piperazine rings is 1. The third-order valence-electron chi connectivity index (χ3n) is 4.23. The maximum atomic E-state index is 12.4. The van der Waals surface area contributed by atoms with E-state index in [4.69, 9.17) is 16.7 Å². The van der Waals surface area contributed by atoms with E-state index in [1.165, 1.54) is 22.7 Å². The molecule has 1 N–H and O–H groups in total. The first kappa shape index (κ1) is 18.8. The van der Waals surface area contributed by atoms with Crippen molar-refractivity contribution in [3.8, 4) is 0 Å². The average molecular weight is 400 g/mol. The Hall–Kier alpha value is -1.94. The fourth-order valence-electron chi connectivity index (χ4n) is 2.83. The summed E-state index contributed by atoms with van der Waals surface area (Å²) in [5, 5.41) is 13.2. The van der Waals surface area contributed by atoms with Crippen LogP contribution < -0.4 is 0 Å². The normalized spacial score (nSPS) is 16.7. The lowest BCUT2D eigenvalue weighted by atomic mass is 10.1. The second kappa shape index (κ2) is 7.75. The van der Waals surface area contributed by atoms with Crippen molar-refractivity contribution in [1.29, 1.82) is 0 Å². The zero-order valence-corrected chi connectivity index (χ0v) is 15.4. The van der Waals surface area contributed by atoms with Gasteiger partial charge in [-0.3, -0.25) is 4.90 Å². The van der Waals surface area contributed by atoms with E-state index in [-0.39, 0.29) is 11.3 Å². The van der Waals surface area contributed by atoms with E-state index in [2.05, 4.69) is 14.6 Å². The molecular weight excluding hydrogens is 382 g/mol. The maximum Gasteiger partial charge on any atom is 0.335 e. The highest BCUT2D eigenvalue weighted by molar-refractivity contribution is 7.88. The van der Waals surface area contributed by atoms with E-state index in [0.29, 0.717) is 49.0 Å². The van der Waals surface area contributed by atoms with Gasteiger partial charge in [0, 0.05) is 43.8 Å². The van der Waals surface area contributed by atoms with Crippen LogP contribution in [-0.4, -0.2) is 60.0 Å². The van der Waals surface area contributed by atoms with Crippen LogP contribution in [0.15, 0.2) is 35.1 Å². The third kappa shape index (κ3) is 4.42. The Labute approximate surface area is 156 Å². The Morgan fingerprint density at radius 1 is 1.23 bits per heavy atom. The second-order valence-electron chi connectivity index (χ2n) is 6.03. The first-order valence-corrected chi connectivity index (χ1v) is 9.95. The molecule has 0 atom stereocenters. The Balaban J connectivity index is 1.60. The minimum absolute atomic E-state index is 0.179. The van der Waals surface area contributed by atoms with Crippen molar-refractivity contribution in [3.05, 3.63) is 52.4 Å². The van der Waals surface area contributed by atoms with Gasteiger partial charge in [-0.1, -0.05) is 16.8 Å². The number of hydrogen-bond acceptors (Lipinski definition) is 6. The Morgan fingerprint density at radius 2 is 1.96 bits per heavy atom. The number of carboxylic acids is 1. The number of aromatic nitrogens is 1. The molecule has 3 rings (SSSR count). The second-order valence-corrected chi connectivity index (χ2v) is 8.41. The molecule has 1 aliphatic rings. The van der Waals surface area contributed by atoms with E-state index in [1.54, 1.807) is 12.1 Å². The van der Waals surface area contributed by atoms with Crippen molar-refractivity contribution in [2.24, 2.45) is 0 Å². The summed E-state index contributed by atoms with van der Waals surface area (Å²) in [6.07, 6.45) is 1.35. The molecule has 1 aromatic carbocycles. The lowest BCUT2D eigenvalue weighted by Gasteiger charge is -2.34. The van der Waals surface area contributed by atoms with E-state index in [1.807, 2.05) is 0 Å². The molecule has 26 heavy (non-hydrogen) atoms. The molecule has 0 radical (unpaired) electrons. The summed E-state index contributed by atoms with van der Waals surface area (Å²) in [5.41, 5.74) is 1.27. The summed E-state index contributed by atoms with van der Waals surface area (Å²) in [4.78, 5) is 13.1. The van der Waals surface area contributed by atoms with E-state index < -0.39 is 16.0 Å². The number of benzene rings is 1. The molecule has 2 heterocycles. The van der Waals surface area contributed by atoms with Crippen molar-refractivity contribution >= 4 is 27.6 Å². The van der Waals surface area contributed by atoms with Gasteiger partial charge >= 0.3 is 5.97 Å². The fourth-order valence-corrected chi connectivity index (χ4v) is 4.43. The Morgan fingerprint density at radius 3 is 2.58 bits per heavy atom. The first-order valence-electron chi connectivity index (χ1n) is 7.96. The number of nitrogens with zero attached hydrogens (tertiary/aromatic N) is 3. The molecule has 0 aliphatic carbocycles. The number of sulfonamides is 1. The summed E-state index contributed by atoms with van der Waals surface area (Å²) in [6, 6.07) is 6.12. The molecule has 0 spiro atoms. The van der Waals surface area contributed by atoms with Gasteiger partial charge in [0.1, 0.15) is 12.0 Å². The highest BCUT2D eigenvalue weighted by Crippen LogP contribution is 2.21. The zero-order valence-electron chi connectivity index (χ0n) is 13.8. The number of halogens is 1. The van der Waals surface area contributed by atoms with Crippen LogP contribution in [0, 0.1) is 0 Å².